The van der Waals surface area contributed by atoms with Gasteiger partial charge in [-0.2, -0.15) is 0 Å². The Bertz CT molecular complexity index is 1010. The van der Waals surface area contributed by atoms with E-state index in [-0.39, 0.29) is 53.4 Å². The molecule has 1 heterocycles. The number of carbonyl (C=O) groups is 2. The van der Waals surface area contributed by atoms with E-state index >= 15 is 0 Å². The number of carboxylic acid groups (broad SMARTS) is 1. The van der Waals surface area contributed by atoms with Crippen LogP contribution in [0.1, 0.15) is 12.5 Å². The molecule has 35 heavy (non-hydrogen) atoms. The van der Waals surface area contributed by atoms with E-state index in [0.717, 1.165) is 5.56 Å². The average molecular weight is 501 g/mol. The van der Waals surface area contributed by atoms with Crippen LogP contribution in [-0.2, 0) is 20.8 Å². The summed E-state index contributed by atoms with van der Waals surface area (Å²) in [5.41, 5.74) is 1.72. The monoisotopic (exact) mass is 501 g/mol. The second kappa shape index (κ2) is 13.0. The fraction of sp³-hybridized carbons (Fsp3) is 0.364. The molecule has 1 amide bonds. The maximum atomic E-state index is 13.1. The molecule has 0 unspecified atom stereocenters. The zero-order chi connectivity index (χ0) is 24.8. The van der Waals surface area contributed by atoms with Gasteiger partial charge in [0, 0.05) is 12.2 Å². The van der Waals surface area contributed by atoms with Gasteiger partial charge in [0.15, 0.2) is 6.23 Å². The number of carboxylic acids is 1. The van der Waals surface area contributed by atoms with Gasteiger partial charge in [0.05, 0.1) is 24.0 Å². The summed E-state index contributed by atoms with van der Waals surface area (Å²) in [4.78, 5) is 23.2. The second-order valence-electron chi connectivity index (χ2n) is 7.50. The molecular formula is C22H25FN3NaO8. The number of aliphatic carboxylic acids is 1. The van der Waals surface area contributed by atoms with Gasteiger partial charge in [0.2, 0.25) is 0 Å². The zero-order valence-corrected chi connectivity index (χ0v) is 21.1. The van der Waals surface area contributed by atoms with Gasteiger partial charge < -0.3 is 45.3 Å². The largest absolute Gasteiger partial charge is 1.00 e. The van der Waals surface area contributed by atoms with Gasteiger partial charge >= 0.3 is 35.7 Å². The molecule has 1 saturated heterocycles. The van der Waals surface area contributed by atoms with Crippen LogP contribution in [-0.4, -0.2) is 64.6 Å². The number of hydrogen-bond acceptors (Lipinski definition) is 10. The smallest absolute Gasteiger partial charge is 0.547 e. The third kappa shape index (κ3) is 7.51. The predicted octanol–water partition coefficient (Wildman–Crippen LogP) is -3.02. The molecule has 0 spiro atoms. The normalized spacial score (nSPS) is 23.5. The van der Waals surface area contributed by atoms with Crippen molar-refractivity contribution < 1.29 is 73.4 Å². The van der Waals surface area contributed by atoms with E-state index in [1.165, 1.54) is 24.3 Å². The van der Waals surface area contributed by atoms with Crippen molar-refractivity contribution in [2.75, 3.05) is 22.6 Å². The number of aliphatic hydroxyl groups is 3. The molecule has 11 nitrogen and oxygen atoms in total. The quantitative estimate of drug-likeness (QED) is 0.205. The molecule has 6 N–H and O–H groups in total. The summed E-state index contributed by atoms with van der Waals surface area (Å²) < 4.78 is 23.2. The number of aliphatic hydroxyl groups excluding tert-OH is 3. The third-order valence-electron chi connectivity index (χ3n) is 5.09. The van der Waals surface area contributed by atoms with Gasteiger partial charge in [-0.3, -0.25) is 5.32 Å². The second-order valence-corrected chi connectivity index (χ2v) is 7.50. The number of halogens is 1. The molecule has 5 atom stereocenters. The molecule has 1 fully saturated rings. The Kier molecular flexibility index (Phi) is 10.7. The summed E-state index contributed by atoms with van der Waals surface area (Å²) in [6.07, 6.45) is -9.59. The average Bonchev–Trinajstić information content (AvgIpc) is 2.80. The minimum absolute atomic E-state index is 0. The van der Waals surface area contributed by atoms with E-state index in [1.54, 1.807) is 25.1 Å². The Morgan fingerprint density at radius 3 is 2.37 bits per heavy atom. The van der Waals surface area contributed by atoms with E-state index in [0.29, 0.717) is 12.2 Å². The maximum Gasteiger partial charge on any atom is 1.00 e. The fourth-order valence-corrected chi connectivity index (χ4v) is 3.31. The van der Waals surface area contributed by atoms with Crippen LogP contribution in [0.3, 0.4) is 0 Å². The topological polar surface area (TPSA) is 172 Å². The molecule has 13 heteroatoms. The summed E-state index contributed by atoms with van der Waals surface area (Å²) >= 11 is 0. The van der Waals surface area contributed by atoms with Gasteiger partial charge in [0.1, 0.15) is 30.2 Å². The molecule has 1 aliphatic heterocycles. The van der Waals surface area contributed by atoms with Crippen LogP contribution in [0.5, 0.6) is 0 Å². The summed E-state index contributed by atoms with van der Waals surface area (Å²) in [5.74, 6) is -2.14. The first-order valence-electron chi connectivity index (χ1n) is 10.4. The molecule has 1 aliphatic rings. The summed E-state index contributed by atoms with van der Waals surface area (Å²) in [6.45, 7) is 2.08. The van der Waals surface area contributed by atoms with Crippen LogP contribution in [0.4, 0.5) is 26.2 Å². The number of carbonyl (C=O) groups excluding carboxylic acids is 2. The number of hydrogen-bond donors (Lipinski definition) is 6. The first-order valence-corrected chi connectivity index (χ1v) is 10.4. The van der Waals surface area contributed by atoms with Crippen LogP contribution in [0, 0.1) is 5.82 Å². The van der Waals surface area contributed by atoms with E-state index in [9.17, 15) is 34.4 Å². The summed E-state index contributed by atoms with van der Waals surface area (Å²) in [6, 6.07) is 10.6. The SMILES string of the molecule is CCOC(=O)Nc1ccc(NCc2ccc(F)cc2)cc1N[C@@H]1O[C@H](C(=O)[O-])[C@@H](O)[C@H](O)[C@H]1O.[Na+]. The molecule has 2 aromatic carbocycles. The summed E-state index contributed by atoms with van der Waals surface area (Å²) in [5, 5.41) is 49.8. The van der Waals surface area contributed by atoms with Crippen LogP contribution >= 0.6 is 0 Å². The molecule has 0 aliphatic carbocycles. The minimum Gasteiger partial charge on any atom is -0.547 e. The molecular weight excluding hydrogens is 476 g/mol. The van der Waals surface area contributed by atoms with Gasteiger partial charge in [-0.25, -0.2) is 9.18 Å². The van der Waals surface area contributed by atoms with Crippen molar-refractivity contribution >= 4 is 29.1 Å². The summed E-state index contributed by atoms with van der Waals surface area (Å²) in [7, 11) is 0. The van der Waals surface area contributed by atoms with Crippen LogP contribution in [0.2, 0.25) is 0 Å². The molecule has 0 aromatic heterocycles. The molecule has 3 rings (SSSR count). The van der Waals surface area contributed by atoms with E-state index < -0.39 is 42.7 Å². The number of nitrogens with one attached hydrogen (secondary N) is 3. The number of anilines is 3. The first kappa shape index (κ1) is 28.8. The Balaban J connectivity index is 0.00000432. The fourth-order valence-electron chi connectivity index (χ4n) is 3.31. The molecule has 0 saturated carbocycles. The van der Waals surface area contributed by atoms with Gasteiger partial charge in [-0.1, -0.05) is 12.1 Å². The Morgan fingerprint density at radius 1 is 1.06 bits per heavy atom. The number of ether oxygens (including phenoxy) is 2. The Hall–Kier alpha value is -2.45. The van der Waals surface area contributed by atoms with Gasteiger partial charge in [0.25, 0.3) is 0 Å². The van der Waals surface area contributed by atoms with Crippen LogP contribution in [0.25, 0.3) is 0 Å². The minimum atomic E-state index is -1.91. The number of benzene rings is 2. The predicted molar refractivity (Wildman–Crippen MR) is 116 cm³/mol. The maximum absolute atomic E-state index is 13.1. The van der Waals surface area contributed by atoms with Gasteiger partial charge in [-0.05, 0) is 42.8 Å². The Morgan fingerprint density at radius 2 is 1.74 bits per heavy atom. The zero-order valence-electron chi connectivity index (χ0n) is 19.1. The van der Waals surface area contributed by atoms with E-state index in [4.69, 9.17) is 9.47 Å². The molecule has 184 valence electrons. The van der Waals surface area contributed by atoms with Crippen molar-refractivity contribution in [1.82, 2.24) is 0 Å². The molecule has 0 radical (unpaired) electrons. The van der Waals surface area contributed by atoms with Crippen molar-refractivity contribution in [2.24, 2.45) is 0 Å². The Labute approximate surface area is 222 Å². The van der Waals surface area contributed by atoms with Crippen molar-refractivity contribution in [2.45, 2.75) is 44.1 Å². The van der Waals surface area contributed by atoms with Crippen molar-refractivity contribution in [3.05, 3.63) is 53.8 Å². The third-order valence-corrected chi connectivity index (χ3v) is 5.09. The van der Waals surface area contributed by atoms with Crippen molar-refractivity contribution in [3.8, 4) is 0 Å². The standard InChI is InChI=1S/C22H26FN3O8.Na/c1-2-33-22(32)26-14-8-7-13(24-10-11-3-5-12(23)6-4-11)9-15(14)25-20-18(29)16(27)17(28)19(34-20)21(30)31;/h3-9,16-20,24-25,27-29H,2,10H2,1H3,(H,26,32)(H,30,31);/q;+1/p-1/t16-,17-,18+,19-,20+;/m0./s1. The number of amides is 1. The molecule has 2 aromatic rings. The van der Waals surface area contributed by atoms with E-state index in [1.807, 2.05) is 0 Å². The van der Waals surface area contributed by atoms with Crippen molar-refractivity contribution in [3.63, 3.8) is 0 Å². The first-order chi connectivity index (χ1) is 16.2. The van der Waals surface area contributed by atoms with Gasteiger partial charge in [-0.15, -0.1) is 0 Å². The molecule has 0 bridgehead atoms. The van der Waals surface area contributed by atoms with E-state index in [2.05, 4.69) is 16.0 Å². The van der Waals surface area contributed by atoms with Crippen LogP contribution < -0.4 is 50.6 Å². The number of rotatable bonds is 8. The van der Waals surface area contributed by atoms with Crippen molar-refractivity contribution in [1.29, 1.82) is 0 Å². The van der Waals surface area contributed by atoms with Crippen LogP contribution in [0.15, 0.2) is 42.5 Å².